The van der Waals surface area contributed by atoms with Crippen molar-refractivity contribution in [1.82, 2.24) is 19.4 Å². The molecule has 1 aliphatic rings. The summed E-state index contributed by atoms with van der Waals surface area (Å²) >= 11 is 1.70. The molecule has 0 N–H and O–H groups in total. The zero-order valence-electron chi connectivity index (χ0n) is 13.5. The minimum atomic E-state index is 0.0904. The molecule has 2 atom stereocenters. The minimum Gasteiger partial charge on any atom is -0.372 e. The standard InChI is InChI=1S/C16H24N4OS/c1-4-21-12(2)16-18-13(11-22-16)10-20-8-5-6-14(20)15-17-7-9-19(15)3/h7,9,11-12,14H,4-6,8,10H2,1-3H3. The summed E-state index contributed by atoms with van der Waals surface area (Å²) in [5.74, 6) is 1.16. The number of aryl methyl sites for hydroxylation is 1. The molecule has 0 amide bonds. The van der Waals surface area contributed by atoms with Gasteiger partial charge in [-0.15, -0.1) is 11.3 Å². The van der Waals surface area contributed by atoms with Crippen LogP contribution in [0.1, 0.15) is 55.4 Å². The Kier molecular flexibility index (Phi) is 4.90. The Morgan fingerprint density at radius 3 is 3.09 bits per heavy atom. The van der Waals surface area contributed by atoms with Crippen LogP contribution in [0.15, 0.2) is 17.8 Å². The first kappa shape index (κ1) is 15.6. The second kappa shape index (κ2) is 6.89. The molecule has 2 aromatic rings. The molecule has 5 nitrogen and oxygen atoms in total. The molecule has 3 heterocycles. The zero-order chi connectivity index (χ0) is 15.5. The summed E-state index contributed by atoms with van der Waals surface area (Å²) in [5.41, 5.74) is 1.15. The summed E-state index contributed by atoms with van der Waals surface area (Å²) in [6, 6.07) is 0.412. The fourth-order valence-corrected chi connectivity index (χ4v) is 3.93. The molecule has 1 fully saturated rings. The Bertz CT molecular complexity index is 609. The van der Waals surface area contributed by atoms with Crippen LogP contribution in [0.2, 0.25) is 0 Å². The van der Waals surface area contributed by atoms with Gasteiger partial charge in [0.15, 0.2) is 0 Å². The van der Waals surface area contributed by atoms with Crippen molar-refractivity contribution in [2.45, 2.75) is 45.4 Å². The van der Waals surface area contributed by atoms with E-state index in [-0.39, 0.29) is 6.10 Å². The van der Waals surface area contributed by atoms with Gasteiger partial charge < -0.3 is 9.30 Å². The highest BCUT2D eigenvalue weighted by molar-refractivity contribution is 7.09. The van der Waals surface area contributed by atoms with Gasteiger partial charge in [0.2, 0.25) is 0 Å². The number of aromatic nitrogens is 3. The maximum atomic E-state index is 5.63. The number of hydrogen-bond donors (Lipinski definition) is 0. The van der Waals surface area contributed by atoms with E-state index in [1.165, 1.54) is 12.8 Å². The first-order valence-electron chi connectivity index (χ1n) is 7.96. The van der Waals surface area contributed by atoms with Gasteiger partial charge in [-0.25, -0.2) is 9.97 Å². The van der Waals surface area contributed by atoms with Crippen LogP contribution in [0, 0.1) is 0 Å². The highest BCUT2D eigenvalue weighted by Gasteiger charge is 2.29. The molecule has 0 spiro atoms. The van der Waals surface area contributed by atoms with E-state index < -0.39 is 0 Å². The van der Waals surface area contributed by atoms with Crippen molar-refractivity contribution in [2.75, 3.05) is 13.2 Å². The van der Waals surface area contributed by atoms with Crippen molar-refractivity contribution in [1.29, 1.82) is 0 Å². The molecule has 3 rings (SSSR count). The molecule has 0 aliphatic carbocycles. The van der Waals surface area contributed by atoms with Gasteiger partial charge in [-0.1, -0.05) is 0 Å². The molecule has 0 saturated carbocycles. The topological polar surface area (TPSA) is 43.2 Å². The summed E-state index contributed by atoms with van der Waals surface area (Å²) < 4.78 is 7.76. The third-order valence-electron chi connectivity index (χ3n) is 4.22. The Labute approximate surface area is 136 Å². The van der Waals surface area contributed by atoms with Crippen molar-refractivity contribution >= 4 is 11.3 Å². The molecule has 2 unspecified atom stereocenters. The summed E-state index contributed by atoms with van der Waals surface area (Å²) in [4.78, 5) is 11.8. The van der Waals surface area contributed by atoms with Crippen molar-refractivity contribution in [2.24, 2.45) is 7.05 Å². The molecule has 0 aromatic carbocycles. The predicted octanol–water partition coefficient (Wildman–Crippen LogP) is 3.31. The minimum absolute atomic E-state index is 0.0904. The Balaban J connectivity index is 1.69. The Morgan fingerprint density at radius 1 is 1.50 bits per heavy atom. The van der Waals surface area contributed by atoms with Crippen LogP contribution < -0.4 is 0 Å². The highest BCUT2D eigenvalue weighted by atomic mass is 32.1. The number of nitrogens with zero attached hydrogens (tertiary/aromatic N) is 4. The molecule has 2 aromatic heterocycles. The maximum absolute atomic E-state index is 5.63. The largest absolute Gasteiger partial charge is 0.372 e. The molecule has 22 heavy (non-hydrogen) atoms. The van der Waals surface area contributed by atoms with Crippen LogP contribution in [0.25, 0.3) is 0 Å². The first-order valence-corrected chi connectivity index (χ1v) is 8.84. The normalized spacial score (nSPS) is 20.6. The zero-order valence-corrected chi connectivity index (χ0v) is 14.3. The summed E-state index contributed by atoms with van der Waals surface area (Å²) in [6.07, 6.45) is 6.40. The van der Waals surface area contributed by atoms with Gasteiger partial charge in [-0.05, 0) is 33.2 Å². The van der Waals surface area contributed by atoms with Gasteiger partial charge >= 0.3 is 0 Å². The van der Waals surface area contributed by atoms with Crippen molar-refractivity contribution in [3.63, 3.8) is 0 Å². The lowest BCUT2D eigenvalue weighted by Gasteiger charge is -2.23. The molecule has 0 radical (unpaired) electrons. The molecular weight excluding hydrogens is 296 g/mol. The number of rotatable bonds is 6. The number of likely N-dealkylation sites (tertiary alicyclic amines) is 1. The van der Waals surface area contributed by atoms with Gasteiger partial charge in [-0.2, -0.15) is 0 Å². The number of hydrogen-bond acceptors (Lipinski definition) is 5. The fraction of sp³-hybridized carbons (Fsp3) is 0.625. The van der Waals surface area contributed by atoms with E-state index in [2.05, 4.69) is 33.8 Å². The lowest BCUT2D eigenvalue weighted by Crippen LogP contribution is -2.25. The van der Waals surface area contributed by atoms with E-state index in [0.717, 1.165) is 36.2 Å². The van der Waals surface area contributed by atoms with Gasteiger partial charge in [0.1, 0.15) is 16.9 Å². The third kappa shape index (κ3) is 3.24. The number of imidazole rings is 1. The Morgan fingerprint density at radius 2 is 2.36 bits per heavy atom. The van der Waals surface area contributed by atoms with Crippen LogP contribution in [-0.2, 0) is 18.3 Å². The van der Waals surface area contributed by atoms with E-state index in [1.54, 1.807) is 11.3 Å². The average molecular weight is 320 g/mol. The van der Waals surface area contributed by atoms with E-state index >= 15 is 0 Å². The lowest BCUT2D eigenvalue weighted by atomic mass is 10.2. The van der Waals surface area contributed by atoms with Gasteiger partial charge in [0.05, 0.1) is 11.7 Å². The van der Waals surface area contributed by atoms with Gasteiger partial charge in [-0.3, -0.25) is 4.90 Å². The second-order valence-electron chi connectivity index (χ2n) is 5.80. The van der Waals surface area contributed by atoms with Crippen LogP contribution in [-0.4, -0.2) is 32.6 Å². The predicted molar refractivity (Wildman–Crippen MR) is 87.7 cm³/mol. The average Bonchev–Trinajstić information content (AvgIpc) is 3.20. The van der Waals surface area contributed by atoms with Gasteiger partial charge in [0, 0.05) is 38.0 Å². The summed E-state index contributed by atoms with van der Waals surface area (Å²) in [5, 5.41) is 3.24. The molecule has 1 saturated heterocycles. The summed E-state index contributed by atoms with van der Waals surface area (Å²) in [6.45, 7) is 6.83. The molecule has 120 valence electrons. The molecule has 1 aliphatic heterocycles. The lowest BCUT2D eigenvalue weighted by molar-refractivity contribution is 0.0760. The summed E-state index contributed by atoms with van der Waals surface area (Å²) in [7, 11) is 2.07. The SMILES string of the molecule is CCOC(C)c1nc(CN2CCCC2c2nccn2C)cs1. The van der Waals surface area contributed by atoms with Crippen molar-refractivity contribution < 1.29 is 4.74 Å². The number of thiazole rings is 1. The molecule has 0 bridgehead atoms. The van der Waals surface area contributed by atoms with Crippen LogP contribution in [0.5, 0.6) is 0 Å². The van der Waals surface area contributed by atoms with Crippen molar-refractivity contribution in [3.05, 3.63) is 34.3 Å². The van der Waals surface area contributed by atoms with E-state index in [1.807, 2.05) is 19.3 Å². The van der Waals surface area contributed by atoms with Crippen LogP contribution in [0.4, 0.5) is 0 Å². The van der Waals surface area contributed by atoms with Crippen molar-refractivity contribution in [3.8, 4) is 0 Å². The van der Waals surface area contributed by atoms with E-state index in [9.17, 15) is 0 Å². The third-order valence-corrected chi connectivity index (χ3v) is 5.27. The molecular formula is C16H24N4OS. The maximum Gasteiger partial charge on any atom is 0.125 e. The van der Waals surface area contributed by atoms with E-state index in [0.29, 0.717) is 6.04 Å². The fourth-order valence-electron chi connectivity index (χ4n) is 3.12. The first-order chi connectivity index (χ1) is 10.7. The quantitative estimate of drug-likeness (QED) is 0.819. The Hall–Kier alpha value is -1.24. The number of ether oxygens (including phenoxy) is 1. The smallest absolute Gasteiger partial charge is 0.125 e. The highest BCUT2D eigenvalue weighted by Crippen LogP contribution is 2.32. The second-order valence-corrected chi connectivity index (χ2v) is 6.69. The monoisotopic (exact) mass is 320 g/mol. The van der Waals surface area contributed by atoms with Crippen LogP contribution in [0.3, 0.4) is 0 Å². The van der Waals surface area contributed by atoms with Crippen LogP contribution >= 0.6 is 11.3 Å². The van der Waals surface area contributed by atoms with Gasteiger partial charge in [0.25, 0.3) is 0 Å². The molecule has 6 heteroatoms. The van der Waals surface area contributed by atoms with E-state index in [4.69, 9.17) is 9.72 Å².